The minimum Gasteiger partial charge on any atom is -0.255 e. The fourth-order valence-electron chi connectivity index (χ4n) is 6.06. The largest absolute Gasteiger partial charge is 0.264 e. The third-order valence-electron chi connectivity index (χ3n) is 6.86. The molecule has 0 atom stereocenters. The van der Waals surface area contributed by atoms with Gasteiger partial charge in [0.1, 0.15) is 5.82 Å². The lowest BCUT2D eigenvalue weighted by atomic mass is 9.49. The Morgan fingerprint density at radius 1 is 1.18 bits per heavy atom. The number of rotatable bonds is 4. The molecule has 1 N–H and O–H groups in total. The monoisotopic (exact) mass is 440 g/mol. The summed E-state index contributed by atoms with van der Waals surface area (Å²) in [5, 5.41) is 2.44. The maximum absolute atomic E-state index is 13.7. The van der Waals surface area contributed by atoms with E-state index in [1.54, 1.807) is 6.92 Å². The number of halogens is 2. The second kappa shape index (κ2) is 6.41. The summed E-state index contributed by atoms with van der Waals surface area (Å²) in [7, 11) is -3.96. The molecule has 4 fully saturated rings. The van der Waals surface area contributed by atoms with Crippen molar-refractivity contribution in [2.75, 3.05) is 4.72 Å². The SMILES string of the molecule is Cc1c(Cl)cc(F)cc1S(=O)(=O)Nc1nc(C23CC4CC(CC(C4)C2)C3)cs1. The maximum Gasteiger partial charge on any atom is 0.264 e. The van der Waals surface area contributed by atoms with Gasteiger partial charge in [-0.3, -0.25) is 4.72 Å². The van der Waals surface area contributed by atoms with E-state index < -0.39 is 15.8 Å². The van der Waals surface area contributed by atoms with Crippen LogP contribution in [-0.2, 0) is 15.4 Å². The van der Waals surface area contributed by atoms with Gasteiger partial charge in [0.2, 0.25) is 0 Å². The molecule has 0 amide bonds. The van der Waals surface area contributed by atoms with Gasteiger partial charge >= 0.3 is 0 Å². The Labute approximate surface area is 173 Å². The Morgan fingerprint density at radius 3 is 2.39 bits per heavy atom. The van der Waals surface area contributed by atoms with E-state index in [-0.39, 0.29) is 15.3 Å². The minimum absolute atomic E-state index is 0.0915. The van der Waals surface area contributed by atoms with Crippen LogP contribution in [0.15, 0.2) is 22.4 Å². The molecule has 4 aliphatic rings. The van der Waals surface area contributed by atoms with Crippen LogP contribution in [0.2, 0.25) is 5.02 Å². The first-order valence-electron chi connectivity index (χ1n) is 9.68. The number of anilines is 1. The minimum atomic E-state index is -3.96. The van der Waals surface area contributed by atoms with Crippen molar-refractivity contribution in [3.8, 4) is 0 Å². The topological polar surface area (TPSA) is 59.1 Å². The van der Waals surface area contributed by atoms with Crippen LogP contribution in [-0.4, -0.2) is 13.4 Å². The third-order valence-corrected chi connectivity index (χ3v) is 9.60. The molecule has 4 aliphatic carbocycles. The number of benzene rings is 1. The second-order valence-corrected chi connectivity index (χ2v) is 11.8. The Morgan fingerprint density at radius 2 is 1.79 bits per heavy atom. The fraction of sp³-hybridized carbons (Fsp3) is 0.550. The number of nitrogens with zero attached hydrogens (tertiary/aromatic N) is 1. The van der Waals surface area contributed by atoms with Crippen LogP contribution in [0.5, 0.6) is 0 Å². The standard InChI is InChI=1S/C20H22ClFN2O2S2/c1-11-16(21)5-15(22)6-17(11)28(25,26)24-19-23-18(10-27-19)20-7-12-2-13(8-20)4-14(3-12)9-20/h5-6,10,12-14H,2-4,7-9H2,1H3,(H,23,24). The van der Waals surface area contributed by atoms with Crippen LogP contribution in [0.3, 0.4) is 0 Å². The van der Waals surface area contributed by atoms with E-state index in [0.717, 1.165) is 35.6 Å². The number of aromatic nitrogens is 1. The predicted molar refractivity (Wildman–Crippen MR) is 109 cm³/mol. The van der Waals surface area contributed by atoms with Gasteiger partial charge in [-0.25, -0.2) is 17.8 Å². The highest BCUT2D eigenvalue weighted by Crippen LogP contribution is 2.60. The summed E-state index contributed by atoms with van der Waals surface area (Å²) in [6.45, 7) is 1.57. The van der Waals surface area contributed by atoms with Crippen molar-refractivity contribution in [3.63, 3.8) is 0 Å². The smallest absolute Gasteiger partial charge is 0.255 e. The van der Waals surface area contributed by atoms with E-state index in [1.807, 2.05) is 5.38 Å². The van der Waals surface area contributed by atoms with E-state index in [1.165, 1.54) is 49.9 Å². The number of sulfonamides is 1. The first kappa shape index (κ1) is 18.8. The van der Waals surface area contributed by atoms with Crippen LogP contribution in [0.1, 0.15) is 49.8 Å². The van der Waals surface area contributed by atoms with Crippen molar-refractivity contribution in [1.82, 2.24) is 4.98 Å². The van der Waals surface area contributed by atoms with Crippen molar-refractivity contribution < 1.29 is 12.8 Å². The molecule has 1 aromatic heterocycles. The predicted octanol–water partition coefficient (Wildman–Crippen LogP) is 5.51. The molecule has 0 aliphatic heterocycles. The third kappa shape index (κ3) is 3.06. The lowest BCUT2D eigenvalue weighted by Crippen LogP contribution is -2.48. The highest BCUT2D eigenvalue weighted by Gasteiger charge is 2.52. The summed E-state index contributed by atoms with van der Waals surface area (Å²) in [6.07, 6.45) is 7.57. The first-order valence-corrected chi connectivity index (χ1v) is 12.4. The summed E-state index contributed by atoms with van der Waals surface area (Å²) < 4.78 is 41.9. The van der Waals surface area contributed by atoms with Gasteiger partial charge in [0, 0.05) is 15.8 Å². The van der Waals surface area contributed by atoms with Crippen LogP contribution in [0.4, 0.5) is 9.52 Å². The highest BCUT2D eigenvalue weighted by molar-refractivity contribution is 7.93. The van der Waals surface area contributed by atoms with Crippen molar-refractivity contribution in [3.05, 3.63) is 39.6 Å². The summed E-state index contributed by atoms with van der Waals surface area (Å²) in [5.74, 6) is 1.71. The first-order chi connectivity index (χ1) is 13.2. The summed E-state index contributed by atoms with van der Waals surface area (Å²) in [6, 6.07) is 2.11. The molecule has 1 heterocycles. The quantitative estimate of drug-likeness (QED) is 0.681. The highest BCUT2D eigenvalue weighted by atomic mass is 35.5. The molecule has 0 unspecified atom stereocenters. The van der Waals surface area contributed by atoms with Crippen LogP contribution < -0.4 is 4.72 Å². The van der Waals surface area contributed by atoms with Crippen LogP contribution in [0.25, 0.3) is 0 Å². The van der Waals surface area contributed by atoms with Gasteiger partial charge in [0.05, 0.1) is 10.6 Å². The average molecular weight is 441 g/mol. The molecule has 4 nitrogen and oxygen atoms in total. The number of hydrogen-bond donors (Lipinski definition) is 1. The summed E-state index contributed by atoms with van der Waals surface area (Å²) in [5.41, 5.74) is 1.48. The zero-order chi connectivity index (χ0) is 19.7. The zero-order valence-corrected chi connectivity index (χ0v) is 17.9. The molecule has 28 heavy (non-hydrogen) atoms. The van der Waals surface area contributed by atoms with Crippen LogP contribution >= 0.6 is 22.9 Å². The van der Waals surface area contributed by atoms with Crippen molar-refractivity contribution in [2.24, 2.45) is 17.8 Å². The number of thiazole rings is 1. The summed E-state index contributed by atoms with van der Waals surface area (Å²) >= 11 is 7.27. The Bertz CT molecular complexity index is 1020. The fourth-order valence-corrected chi connectivity index (χ4v) is 8.69. The van der Waals surface area contributed by atoms with E-state index >= 15 is 0 Å². The second-order valence-electron chi connectivity index (χ2n) is 8.85. The Hall–Kier alpha value is -1.18. The molecule has 6 rings (SSSR count). The van der Waals surface area contributed by atoms with Gasteiger partial charge in [0.25, 0.3) is 10.0 Å². The molecule has 8 heteroatoms. The maximum atomic E-state index is 13.7. The average Bonchev–Trinajstić information content (AvgIpc) is 3.05. The summed E-state index contributed by atoms with van der Waals surface area (Å²) in [4.78, 5) is 4.54. The van der Waals surface area contributed by atoms with Gasteiger partial charge < -0.3 is 0 Å². The zero-order valence-electron chi connectivity index (χ0n) is 15.5. The number of hydrogen-bond acceptors (Lipinski definition) is 4. The number of nitrogens with one attached hydrogen (secondary N) is 1. The Balaban J connectivity index is 1.43. The molecule has 2 aromatic rings. The van der Waals surface area contributed by atoms with Gasteiger partial charge in [-0.2, -0.15) is 0 Å². The van der Waals surface area contributed by atoms with Gasteiger partial charge in [-0.15, -0.1) is 11.3 Å². The van der Waals surface area contributed by atoms with Crippen LogP contribution in [0, 0.1) is 30.5 Å². The van der Waals surface area contributed by atoms with Crippen molar-refractivity contribution >= 4 is 38.1 Å². The van der Waals surface area contributed by atoms with Gasteiger partial charge in [-0.05, 0) is 80.9 Å². The molecule has 0 spiro atoms. The normalized spacial score (nSPS) is 31.3. The molecule has 4 bridgehead atoms. The molecular formula is C20H22ClFN2O2S2. The van der Waals surface area contributed by atoms with Gasteiger partial charge in [-0.1, -0.05) is 11.6 Å². The molecule has 0 saturated heterocycles. The molecule has 4 saturated carbocycles. The van der Waals surface area contributed by atoms with Crippen molar-refractivity contribution in [1.29, 1.82) is 0 Å². The van der Waals surface area contributed by atoms with E-state index in [9.17, 15) is 12.8 Å². The van der Waals surface area contributed by atoms with E-state index in [4.69, 9.17) is 11.6 Å². The van der Waals surface area contributed by atoms with E-state index in [2.05, 4.69) is 9.71 Å². The molecule has 150 valence electrons. The molecule has 1 aromatic carbocycles. The van der Waals surface area contributed by atoms with Gasteiger partial charge in [0.15, 0.2) is 5.13 Å². The molecular weight excluding hydrogens is 419 g/mol. The van der Waals surface area contributed by atoms with Crippen molar-refractivity contribution in [2.45, 2.75) is 55.8 Å². The lowest BCUT2D eigenvalue weighted by molar-refractivity contribution is -0.00688. The van der Waals surface area contributed by atoms with E-state index in [0.29, 0.717) is 10.7 Å². The molecule has 0 radical (unpaired) electrons. The lowest BCUT2D eigenvalue weighted by Gasteiger charge is -2.56. The Kier molecular flexibility index (Phi) is 4.31.